The Bertz CT molecular complexity index is 1130. The number of aromatic nitrogens is 1. The van der Waals surface area contributed by atoms with Gasteiger partial charge in [-0.25, -0.2) is 13.8 Å². The molecular weight excluding hydrogens is 422 g/mol. The zero-order chi connectivity index (χ0) is 22.5. The highest BCUT2D eigenvalue weighted by Crippen LogP contribution is 2.29. The molecule has 2 aromatic carbocycles. The first-order chi connectivity index (χ1) is 14.8. The van der Waals surface area contributed by atoms with Crippen molar-refractivity contribution >= 4 is 29.0 Å². The number of hydrogen-bond donors (Lipinski definition) is 0. The van der Waals surface area contributed by atoms with Gasteiger partial charge in [0, 0.05) is 37.2 Å². The number of hydrogen-bond acceptors (Lipinski definition) is 3. The van der Waals surface area contributed by atoms with Gasteiger partial charge in [-0.05, 0) is 41.8 Å². The molecule has 0 radical (unpaired) electrons. The number of carbonyl (C=O) groups is 2. The average molecular weight is 443 g/mol. The molecule has 0 saturated heterocycles. The Balaban J connectivity index is 1.77. The van der Waals surface area contributed by atoms with Crippen LogP contribution in [0.3, 0.4) is 0 Å². The van der Waals surface area contributed by atoms with E-state index in [0.717, 1.165) is 11.6 Å². The van der Waals surface area contributed by atoms with Gasteiger partial charge in [-0.2, -0.15) is 0 Å². The summed E-state index contributed by atoms with van der Waals surface area (Å²) >= 11 is 6.00. The Morgan fingerprint density at radius 3 is 2.48 bits per heavy atom. The lowest BCUT2D eigenvalue weighted by Crippen LogP contribution is -2.25. The number of anilines is 1. The van der Waals surface area contributed by atoms with Gasteiger partial charge in [0.05, 0.1) is 5.69 Å². The molecule has 0 bridgehead atoms. The molecule has 0 aliphatic heterocycles. The highest BCUT2D eigenvalue weighted by molar-refractivity contribution is 6.30. The summed E-state index contributed by atoms with van der Waals surface area (Å²) in [5.74, 6) is -1.72. The lowest BCUT2D eigenvalue weighted by molar-refractivity contribution is -0.118. The van der Waals surface area contributed by atoms with Gasteiger partial charge in [0.15, 0.2) is 5.78 Å². The van der Waals surface area contributed by atoms with E-state index in [-0.39, 0.29) is 41.3 Å². The van der Waals surface area contributed by atoms with Crippen LogP contribution in [0.4, 0.5) is 14.5 Å². The summed E-state index contributed by atoms with van der Waals surface area (Å²) in [5, 5.41) is 0.341. The smallest absolute Gasteiger partial charge is 0.226 e. The fourth-order valence-corrected chi connectivity index (χ4v) is 3.45. The molecule has 0 spiro atoms. The van der Waals surface area contributed by atoms with Crippen molar-refractivity contribution in [1.29, 1.82) is 0 Å². The summed E-state index contributed by atoms with van der Waals surface area (Å²) in [6.45, 7) is 1.69. The Kier molecular flexibility index (Phi) is 7.13. The maximum Gasteiger partial charge on any atom is 0.226 e. The molecule has 1 heterocycles. The monoisotopic (exact) mass is 442 g/mol. The minimum atomic E-state index is -0.630. The topological polar surface area (TPSA) is 50.3 Å². The molecule has 7 heteroatoms. The first-order valence-electron chi connectivity index (χ1n) is 9.80. The number of halogens is 3. The molecule has 0 saturated carbocycles. The van der Waals surface area contributed by atoms with E-state index in [1.165, 1.54) is 36.2 Å². The first kappa shape index (κ1) is 22.6. The number of carbonyl (C=O) groups excluding carboxylic acids is 2. The number of amides is 1. The van der Waals surface area contributed by atoms with Gasteiger partial charge in [-0.3, -0.25) is 9.59 Å². The summed E-state index contributed by atoms with van der Waals surface area (Å²) in [6, 6.07) is 11.8. The number of ketones is 1. The molecule has 0 atom stereocenters. The lowest BCUT2D eigenvalue weighted by Gasteiger charge is -2.18. The van der Waals surface area contributed by atoms with Crippen molar-refractivity contribution in [3.63, 3.8) is 0 Å². The third-order valence-corrected chi connectivity index (χ3v) is 5.39. The van der Waals surface area contributed by atoms with Gasteiger partial charge in [0.25, 0.3) is 0 Å². The largest absolute Gasteiger partial charge is 0.313 e. The standard InChI is InChI=1S/C24H21ClF2N2O2/c1-3-23(31)29(2)21-10-7-16(13-20(21)27)18-9-6-17(14-19(18)26)22(30)11-8-15-5-4-12-28-24(15)25/h4-7,9-10,12-14H,3,8,11H2,1-2H3. The van der Waals surface area contributed by atoms with E-state index in [9.17, 15) is 18.4 Å². The van der Waals surface area contributed by atoms with E-state index in [1.807, 2.05) is 0 Å². The number of benzene rings is 2. The molecule has 0 aliphatic rings. The van der Waals surface area contributed by atoms with Crippen molar-refractivity contribution in [3.05, 3.63) is 82.6 Å². The van der Waals surface area contributed by atoms with Crippen molar-refractivity contribution in [1.82, 2.24) is 4.98 Å². The van der Waals surface area contributed by atoms with E-state index in [1.54, 1.807) is 31.3 Å². The Morgan fingerprint density at radius 2 is 1.84 bits per heavy atom. The van der Waals surface area contributed by atoms with Gasteiger partial charge < -0.3 is 4.90 Å². The third kappa shape index (κ3) is 5.14. The number of rotatable bonds is 7. The second kappa shape index (κ2) is 9.79. The van der Waals surface area contributed by atoms with Crippen LogP contribution in [0.25, 0.3) is 11.1 Å². The van der Waals surface area contributed by atoms with Gasteiger partial charge in [-0.15, -0.1) is 0 Å². The van der Waals surface area contributed by atoms with Crippen molar-refractivity contribution in [2.24, 2.45) is 0 Å². The molecule has 31 heavy (non-hydrogen) atoms. The van der Waals surface area contributed by atoms with Crippen LogP contribution in [0.1, 0.15) is 35.7 Å². The van der Waals surface area contributed by atoms with Crippen molar-refractivity contribution in [2.75, 3.05) is 11.9 Å². The summed E-state index contributed by atoms with van der Waals surface area (Å²) < 4.78 is 29.3. The Morgan fingerprint density at radius 1 is 1.06 bits per heavy atom. The van der Waals surface area contributed by atoms with Crippen LogP contribution >= 0.6 is 11.6 Å². The quantitative estimate of drug-likeness (QED) is 0.339. The van der Waals surface area contributed by atoms with E-state index < -0.39 is 11.6 Å². The zero-order valence-electron chi connectivity index (χ0n) is 17.2. The van der Waals surface area contributed by atoms with Crippen LogP contribution < -0.4 is 4.90 Å². The first-order valence-corrected chi connectivity index (χ1v) is 10.2. The summed E-state index contributed by atoms with van der Waals surface area (Å²) in [6.07, 6.45) is 2.36. The molecule has 1 aromatic heterocycles. The molecular formula is C24H21ClF2N2O2. The third-order valence-electron chi connectivity index (χ3n) is 5.05. The van der Waals surface area contributed by atoms with E-state index in [4.69, 9.17) is 11.6 Å². The molecule has 0 unspecified atom stereocenters. The molecule has 1 amide bonds. The van der Waals surface area contributed by atoms with Crippen LogP contribution in [0.5, 0.6) is 0 Å². The molecule has 0 fully saturated rings. The highest BCUT2D eigenvalue weighted by atomic mass is 35.5. The van der Waals surface area contributed by atoms with Gasteiger partial charge >= 0.3 is 0 Å². The minimum Gasteiger partial charge on any atom is -0.313 e. The summed E-state index contributed by atoms with van der Waals surface area (Å²) in [5.41, 5.74) is 1.58. The Labute approximate surface area is 184 Å². The maximum atomic E-state index is 14.7. The van der Waals surface area contributed by atoms with Crippen molar-refractivity contribution in [2.45, 2.75) is 26.2 Å². The zero-order valence-corrected chi connectivity index (χ0v) is 17.9. The number of aryl methyl sites for hydroxylation is 1. The predicted octanol–water partition coefficient (Wildman–Crippen LogP) is 5.87. The predicted molar refractivity (Wildman–Crippen MR) is 117 cm³/mol. The SMILES string of the molecule is CCC(=O)N(C)c1ccc(-c2ccc(C(=O)CCc3cccnc3Cl)cc2F)cc1F. The molecule has 160 valence electrons. The molecule has 0 aliphatic carbocycles. The van der Waals surface area contributed by atoms with Crippen LogP contribution in [-0.2, 0) is 11.2 Å². The lowest BCUT2D eigenvalue weighted by atomic mass is 9.99. The van der Waals surface area contributed by atoms with Crippen molar-refractivity contribution in [3.8, 4) is 11.1 Å². The molecule has 0 N–H and O–H groups in total. The van der Waals surface area contributed by atoms with Crippen LogP contribution in [0, 0.1) is 11.6 Å². The number of nitrogens with zero attached hydrogens (tertiary/aromatic N) is 2. The highest BCUT2D eigenvalue weighted by Gasteiger charge is 2.16. The van der Waals surface area contributed by atoms with Gasteiger partial charge in [0.1, 0.15) is 16.8 Å². The van der Waals surface area contributed by atoms with Crippen LogP contribution in [0.15, 0.2) is 54.7 Å². The summed E-state index contributed by atoms with van der Waals surface area (Å²) in [4.78, 5) is 29.5. The normalized spacial score (nSPS) is 10.7. The maximum absolute atomic E-state index is 14.7. The molecule has 3 aromatic rings. The number of pyridine rings is 1. The van der Waals surface area contributed by atoms with E-state index >= 15 is 0 Å². The fraction of sp³-hybridized carbons (Fsp3) is 0.208. The molecule has 4 nitrogen and oxygen atoms in total. The van der Waals surface area contributed by atoms with Crippen molar-refractivity contribution < 1.29 is 18.4 Å². The van der Waals surface area contributed by atoms with Crippen LogP contribution in [0.2, 0.25) is 5.15 Å². The number of Topliss-reactive ketones (excluding diaryl/α,β-unsaturated/α-hetero) is 1. The van der Waals surface area contributed by atoms with Gasteiger partial charge in [0.2, 0.25) is 5.91 Å². The van der Waals surface area contributed by atoms with Crippen LogP contribution in [-0.4, -0.2) is 23.7 Å². The van der Waals surface area contributed by atoms with E-state index in [2.05, 4.69) is 4.98 Å². The Hall–Kier alpha value is -3.12. The van der Waals surface area contributed by atoms with Gasteiger partial charge in [-0.1, -0.05) is 42.8 Å². The minimum absolute atomic E-state index is 0.122. The molecule has 3 rings (SSSR count). The second-order valence-corrected chi connectivity index (χ2v) is 7.40. The average Bonchev–Trinajstić information content (AvgIpc) is 2.77. The van der Waals surface area contributed by atoms with E-state index in [0.29, 0.717) is 17.1 Å². The fourth-order valence-electron chi connectivity index (χ4n) is 3.24. The second-order valence-electron chi connectivity index (χ2n) is 7.04. The summed E-state index contributed by atoms with van der Waals surface area (Å²) in [7, 11) is 1.49.